The first-order valence-corrected chi connectivity index (χ1v) is 8.50. The molecule has 1 N–H and O–H groups in total. The van der Waals surface area contributed by atoms with Gasteiger partial charge in [-0.05, 0) is 56.9 Å². The van der Waals surface area contributed by atoms with Crippen molar-refractivity contribution < 1.29 is 9.59 Å². The summed E-state index contributed by atoms with van der Waals surface area (Å²) in [6.07, 6.45) is 6.93. The first kappa shape index (κ1) is 15.3. The van der Waals surface area contributed by atoms with Crippen LogP contribution in [0.1, 0.15) is 77.6 Å². The van der Waals surface area contributed by atoms with Crippen LogP contribution in [0.15, 0.2) is 0 Å². The molecule has 120 valence electrons. The number of aryl methyl sites for hydroxylation is 1. The van der Waals surface area contributed by atoms with Crippen LogP contribution >= 0.6 is 0 Å². The third kappa shape index (κ3) is 2.59. The second kappa shape index (κ2) is 5.90. The van der Waals surface area contributed by atoms with Gasteiger partial charge in [0.05, 0.1) is 0 Å². The van der Waals surface area contributed by atoms with Crippen molar-refractivity contribution in [3.63, 3.8) is 0 Å². The predicted molar refractivity (Wildman–Crippen MR) is 86.3 cm³/mol. The van der Waals surface area contributed by atoms with Gasteiger partial charge in [-0.3, -0.25) is 9.59 Å². The maximum Gasteiger partial charge on any atom is 0.270 e. The van der Waals surface area contributed by atoms with Crippen LogP contribution in [0.4, 0.5) is 0 Å². The summed E-state index contributed by atoms with van der Waals surface area (Å²) in [4.78, 5) is 30.1. The molecule has 0 atom stereocenters. The normalized spacial score (nSPS) is 25.0. The lowest BCUT2D eigenvalue weighted by Crippen LogP contribution is -2.39. The highest BCUT2D eigenvalue weighted by atomic mass is 16.2. The number of aromatic nitrogens is 1. The van der Waals surface area contributed by atoms with Crippen LogP contribution in [0.25, 0.3) is 0 Å². The lowest BCUT2D eigenvalue weighted by molar-refractivity contribution is 0.0673. The van der Waals surface area contributed by atoms with Crippen molar-refractivity contribution in [2.75, 3.05) is 7.05 Å². The van der Waals surface area contributed by atoms with Crippen LogP contribution in [-0.4, -0.2) is 34.7 Å². The average Bonchev–Trinajstić information content (AvgIpc) is 2.85. The lowest BCUT2D eigenvalue weighted by Gasteiger charge is -2.33. The van der Waals surface area contributed by atoms with Crippen molar-refractivity contribution in [3.8, 4) is 0 Å². The van der Waals surface area contributed by atoms with Crippen molar-refractivity contribution in [2.45, 2.75) is 64.8 Å². The molecule has 0 saturated heterocycles. The highest BCUT2D eigenvalue weighted by Crippen LogP contribution is 2.30. The van der Waals surface area contributed by atoms with E-state index in [4.69, 9.17) is 0 Å². The fourth-order valence-corrected chi connectivity index (χ4v) is 3.96. The van der Waals surface area contributed by atoms with E-state index in [1.807, 2.05) is 18.9 Å². The Hall–Kier alpha value is -1.58. The zero-order valence-corrected chi connectivity index (χ0v) is 13.9. The molecule has 2 aliphatic carbocycles. The Morgan fingerprint density at radius 3 is 2.50 bits per heavy atom. The number of aromatic amines is 1. The van der Waals surface area contributed by atoms with Gasteiger partial charge >= 0.3 is 0 Å². The third-order valence-corrected chi connectivity index (χ3v) is 5.50. The SMILES string of the molecule is Cc1c(C(=O)N(C)C2CCC(C)CC2)[nH]c2c1C(=O)CCC2. The van der Waals surface area contributed by atoms with Crippen molar-refractivity contribution in [2.24, 2.45) is 5.92 Å². The van der Waals surface area contributed by atoms with E-state index >= 15 is 0 Å². The summed E-state index contributed by atoms with van der Waals surface area (Å²) in [6.45, 7) is 4.19. The van der Waals surface area contributed by atoms with Gasteiger partial charge in [0.15, 0.2) is 5.78 Å². The molecule has 0 radical (unpaired) electrons. The maximum atomic E-state index is 12.9. The molecule has 0 aliphatic heterocycles. The summed E-state index contributed by atoms with van der Waals surface area (Å²) >= 11 is 0. The van der Waals surface area contributed by atoms with Gasteiger partial charge in [-0.15, -0.1) is 0 Å². The van der Waals surface area contributed by atoms with E-state index in [-0.39, 0.29) is 11.7 Å². The zero-order chi connectivity index (χ0) is 15.9. The number of fused-ring (bicyclic) bond motifs is 1. The molecular weight excluding hydrogens is 276 g/mol. The Morgan fingerprint density at radius 1 is 1.18 bits per heavy atom. The van der Waals surface area contributed by atoms with E-state index in [0.29, 0.717) is 18.2 Å². The Kier molecular flexibility index (Phi) is 4.11. The molecule has 4 nitrogen and oxygen atoms in total. The number of carbonyl (C=O) groups excluding carboxylic acids is 2. The number of ketones is 1. The fourth-order valence-electron chi connectivity index (χ4n) is 3.96. The van der Waals surface area contributed by atoms with Gasteiger partial charge < -0.3 is 9.88 Å². The summed E-state index contributed by atoms with van der Waals surface area (Å²) in [5.74, 6) is 0.999. The smallest absolute Gasteiger partial charge is 0.270 e. The molecule has 0 spiro atoms. The van der Waals surface area contributed by atoms with E-state index in [1.54, 1.807) is 0 Å². The maximum absolute atomic E-state index is 12.9. The summed E-state index contributed by atoms with van der Waals surface area (Å²) in [5.41, 5.74) is 3.21. The number of hydrogen-bond acceptors (Lipinski definition) is 2. The van der Waals surface area contributed by atoms with Crippen LogP contribution in [0.5, 0.6) is 0 Å². The Bertz CT molecular complexity index is 594. The predicted octanol–water partition coefficient (Wildman–Crippen LogP) is 3.49. The van der Waals surface area contributed by atoms with Gasteiger partial charge in [0, 0.05) is 30.8 Å². The number of nitrogens with one attached hydrogen (secondary N) is 1. The van der Waals surface area contributed by atoms with Gasteiger partial charge in [-0.25, -0.2) is 0 Å². The van der Waals surface area contributed by atoms with Crippen LogP contribution in [0.3, 0.4) is 0 Å². The summed E-state index contributed by atoms with van der Waals surface area (Å²) in [5, 5.41) is 0. The van der Waals surface area contributed by atoms with Crippen LogP contribution in [-0.2, 0) is 6.42 Å². The molecule has 0 aromatic carbocycles. The second-order valence-electron chi connectivity index (χ2n) is 7.09. The average molecular weight is 302 g/mol. The molecule has 4 heteroatoms. The number of amides is 1. The molecule has 1 amide bonds. The minimum atomic E-state index is 0.0410. The molecule has 1 heterocycles. The van der Waals surface area contributed by atoms with E-state index in [1.165, 1.54) is 12.8 Å². The zero-order valence-electron chi connectivity index (χ0n) is 13.9. The molecule has 22 heavy (non-hydrogen) atoms. The number of Topliss-reactive ketones (excluding diaryl/α,β-unsaturated/α-hetero) is 1. The molecular formula is C18H26N2O2. The monoisotopic (exact) mass is 302 g/mol. The lowest BCUT2D eigenvalue weighted by atomic mass is 9.86. The quantitative estimate of drug-likeness (QED) is 0.909. The molecule has 0 unspecified atom stereocenters. The number of rotatable bonds is 2. The largest absolute Gasteiger partial charge is 0.354 e. The van der Waals surface area contributed by atoms with Gasteiger partial charge in [-0.1, -0.05) is 6.92 Å². The van der Waals surface area contributed by atoms with Crippen molar-refractivity contribution >= 4 is 11.7 Å². The van der Waals surface area contributed by atoms with Gasteiger partial charge in [0.2, 0.25) is 0 Å². The minimum Gasteiger partial charge on any atom is -0.354 e. The molecule has 1 aromatic rings. The van der Waals surface area contributed by atoms with E-state index in [2.05, 4.69) is 11.9 Å². The summed E-state index contributed by atoms with van der Waals surface area (Å²) < 4.78 is 0. The summed E-state index contributed by atoms with van der Waals surface area (Å²) in [7, 11) is 1.91. The van der Waals surface area contributed by atoms with Gasteiger partial charge in [-0.2, -0.15) is 0 Å². The molecule has 1 saturated carbocycles. The number of H-pyrrole nitrogens is 1. The standard InChI is InChI=1S/C18H26N2O2/c1-11-7-9-13(10-8-11)20(3)18(22)17-12(2)16-14(19-17)5-4-6-15(16)21/h11,13,19H,4-10H2,1-3H3. The van der Waals surface area contributed by atoms with Gasteiger partial charge in [0.1, 0.15) is 5.69 Å². The topological polar surface area (TPSA) is 53.2 Å². The number of nitrogens with zero attached hydrogens (tertiary/aromatic N) is 1. The second-order valence-corrected chi connectivity index (χ2v) is 7.09. The van der Waals surface area contributed by atoms with E-state index in [9.17, 15) is 9.59 Å². The molecule has 0 bridgehead atoms. The molecule has 1 aromatic heterocycles. The molecule has 2 aliphatic rings. The van der Waals surface area contributed by atoms with E-state index < -0.39 is 0 Å². The van der Waals surface area contributed by atoms with Gasteiger partial charge in [0.25, 0.3) is 5.91 Å². The van der Waals surface area contributed by atoms with Crippen molar-refractivity contribution in [1.29, 1.82) is 0 Å². The number of hydrogen-bond donors (Lipinski definition) is 1. The fraction of sp³-hybridized carbons (Fsp3) is 0.667. The first-order chi connectivity index (χ1) is 10.5. The summed E-state index contributed by atoms with van der Waals surface area (Å²) in [6, 6.07) is 0.333. The Labute approximate surface area is 132 Å². The van der Waals surface area contributed by atoms with Crippen molar-refractivity contribution in [3.05, 3.63) is 22.5 Å². The Balaban J connectivity index is 1.82. The highest BCUT2D eigenvalue weighted by Gasteiger charge is 2.30. The minimum absolute atomic E-state index is 0.0410. The Morgan fingerprint density at radius 2 is 1.86 bits per heavy atom. The van der Waals surface area contributed by atoms with Crippen molar-refractivity contribution in [1.82, 2.24) is 9.88 Å². The number of carbonyl (C=O) groups is 2. The van der Waals surface area contributed by atoms with Crippen LogP contribution in [0.2, 0.25) is 0 Å². The molecule has 1 fully saturated rings. The first-order valence-electron chi connectivity index (χ1n) is 8.50. The van der Waals surface area contributed by atoms with Crippen LogP contribution < -0.4 is 0 Å². The van der Waals surface area contributed by atoms with E-state index in [0.717, 1.165) is 48.4 Å². The highest BCUT2D eigenvalue weighted by molar-refractivity contribution is 6.04. The third-order valence-electron chi connectivity index (χ3n) is 5.50. The molecule has 3 rings (SSSR count). The van der Waals surface area contributed by atoms with Crippen LogP contribution in [0, 0.1) is 12.8 Å².